The Balaban J connectivity index is 1.45. The van der Waals surface area contributed by atoms with Crippen molar-refractivity contribution in [1.29, 1.82) is 5.26 Å². The van der Waals surface area contributed by atoms with Crippen molar-refractivity contribution in [2.24, 2.45) is 0 Å². The Hall–Kier alpha value is -4.57. The number of carbonyl (C=O) groups excluding carboxylic acids is 1. The fourth-order valence-electron chi connectivity index (χ4n) is 3.47. The van der Waals surface area contributed by atoms with Crippen LogP contribution in [0.15, 0.2) is 79.3 Å². The predicted octanol–water partition coefficient (Wildman–Crippen LogP) is 5.08. The number of aromatic amines is 1. The minimum Gasteiger partial charge on any atom is -0.346 e. The fourth-order valence-corrected chi connectivity index (χ4v) is 3.47. The summed E-state index contributed by atoms with van der Waals surface area (Å²) in [7, 11) is 0. The molecule has 2 aromatic carbocycles. The van der Waals surface area contributed by atoms with Gasteiger partial charge in [0.15, 0.2) is 0 Å². The second-order valence-corrected chi connectivity index (χ2v) is 6.91. The Morgan fingerprint density at radius 2 is 1.97 bits per heavy atom. The summed E-state index contributed by atoms with van der Waals surface area (Å²) >= 11 is 0. The van der Waals surface area contributed by atoms with Crippen LogP contribution < -0.4 is 10.6 Å². The number of amides is 2. The maximum atomic E-state index is 12.5. The zero-order chi connectivity index (χ0) is 23.0. The van der Waals surface area contributed by atoms with E-state index in [1.807, 2.05) is 18.2 Å². The van der Waals surface area contributed by atoms with E-state index < -0.39 is 12.5 Å². The van der Waals surface area contributed by atoms with Gasteiger partial charge in [-0.2, -0.15) is 5.26 Å². The fraction of sp³-hybridized carbons (Fsp3) is 0.0417. The van der Waals surface area contributed by atoms with Gasteiger partial charge in [0.25, 0.3) is 0 Å². The monoisotopic (exact) mass is 408 g/mol. The maximum Gasteiger partial charge on any atom is 0.323 e. The average Bonchev–Trinajstić information content (AvgIpc) is 3.45. The van der Waals surface area contributed by atoms with Crippen molar-refractivity contribution >= 4 is 39.3 Å². The molecule has 7 nitrogen and oxygen atoms in total. The Morgan fingerprint density at radius 3 is 2.81 bits per heavy atom. The summed E-state index contributed by atoms with van der Waals surface area (Å²) in [5, 5.41) is 15.9. The standard InChI is InChI=1S/C24H18N6O/c25-13-16-6-8-18(9-7-16)28-24(31)29-21-4-1-5-22-20(21)10-12-30(22)15-17-14-27-23-19(17)3-2-11-26-23/h1-12,14H,15H2,(H,26,27)(H2,28,29,31)/i15D2. The number of nitrogens with one attached hydrogen (secondary N) is 3. The summed E-state index contributed by atoms with van der Waals surface area (Å²) in [5.74, 6) is 0. The summed E-state index contributed by atoms with van der Waals surface area (Å²) in [4.78, 5) is 19.8. The molecule has 3 heterocycles. The molecule has 0 radical (unpaired) electrons. The number of nitrogens with zero attached hydrogens (tertiary/aromatic N) is 3. The van der Waals surface area contributed by atoms with E-state index in [0.717, 1.165) is 0 Å². The van der Waals surface area contributed by atoms with Crippen LogP contribution in [0.4, 0.5) is 16.2 Å². The first-order chi connectivity index (χ1) is 16.0. The molecule has 150 valence electrons. The first kappa shape index (κ1) is 16.3. The molecule has 0 saturated carbocycles. The number of urea groups is 1. The van der Waals surface area contributed by atoms with E-state index in [4.69, 9.17) is 8.00 Å². The molecule has 5 rings (SSSR count). The lowest BCUT2D eigenvalue weighted by molar-refractivity contribution is 0.262. The minimum absolute atomic E-state index is 0.439. The predicted molar refractivity (Wildman–Crippen MR) is 121 cm³/mol. The van der Waals surface area contributed by atoms with Crippen molar-refractivity contribution in [2.75, 3.05) is 10.6 Å². The number of carbonyl (C=O) groups is 1. The van der Waals surface area contributed by atoms with E-state index in [0.29, 0.717) is 44.4 Å². The maximum absolute atomic E-state index is 12.5. The highest BCUT2D eigenvalue weighted by molar-refractivity contribution is 6.05. The van der Waals surface area contributed by atoms with Gasteiger partial charge in [-0.05, 0) is 60.2 Å². The zero-order valence-electron chi connectivity index (χ0n) is 18.3. The lowest BCUT2D eigenvalue weighted by Crippen LogP contribution is -2.19. The van der Waals surface area contributed by atoms with Crippen LogP contribution in [0.25, 0.3) is 21.9 Å². The van der Waals surface area contributed by atoms with E-state index in [1.54, 1.807) is 71.7 Å². The molecule has 0 bridgehead atoms. The topological polar surface area (TPSA) is 98.5 Å². The third kappa shape index (κ3) is 3.58. The SMILES string of the molecule is [2H]C([2H])(c1c[nH]c2ncccc12)n1ccc2c(NC(=O)Nc3ccc(C#N)cc3)cccc21. The molecule has 2 amide bonds. The molecular formula is C24H18N6O. The molecular weight excluding hydrogens is 388 g/mol. The van der Waals surface area contributed by atoms with E-state index in [2.05, 4.69) is 20.6 Å². The van der Waals surface area contributed by atoms with E-state index in [1.165, 1.54) is 0 Å². The molecule has 3 N–H and O–H groups in total. The van der Waals surface area contributed by atoms with Crippen molar-refractivity contribution in [1.82, 2.24) is 14.5 Å². The summed E-state index contributed by atoms with van der Waals surface area (Å²) in [6, 6.07) is 18.9. The normalized spacial score (nSPS) is 12.2. The van der Waals surface area contributed by atoms with Crippen LogP contribution in [0.3, 0.4) is 0 Å². The molecule has 0 aliphatic heterocycles. The third-order valence-corrected chi connectivity index (χ3v) is 4.95. The molecule has 0 aliphatic carbocycles. The largest absolute Gasteiger partial charge is 0.346 e. The second kappa shape index (κ2) is 7.69. The van der Waals surface area contributed by atoms with Gasteiger partial charge in [0.1, 0.15) is 5.65 Å². The number of benzene rings is 2. The number of anilines is 2. The van der Waals surface area contributed by atoms with E-state index in [-0.39, 0.29) is 0 Å². The molecule has 0 unspecified atom stereocenters. The van der Waals surface area contributed by atoms with Crippen molar-refractivity contribution in [3.8, 4) is 6.07 Å². The van der Waals surface area contributed by atoms with Gasteiger partial charge in [0.05, 0.1) is 25.6 Å². The Kier molecular flexibility index (Phi) is 4.03. The summed E-state index contributed by atoms with van der Waals surface area (Å²) in [5.41, 5.74) is 3.34. The van der Waals surface area contributed by atoms with Crippen LogP contribution in [0.1, 0.15) is 13.9 Å². The minimum atomic E-state index is -1.85. The first-order valence-electron chi connectivity index (χ1n) is 10.6. The number of rotatable bonds is 4. The number of aromatic nitrogens is 3. The number of hydrogen-bond acceptors (Lipinski definition) is 3. The van der Waals surface area contributed by atoms with Crippen molar-refractivity contribution in [3.63, 3.8) is 0 Å². The van der Waals surface area contributed by atoms with Crippen molar-refractivity contribution in [2.45, 2.75) is 6.50 Å². The van der Waals surface area contributed by atoms with E-state index >= 15 is 0 Å². The number of H-pyrrole nitrogens is 1. The molecule has 0 atom stereocenters. The van der Waals surface area contributed by atoms with Gasteiger partial charge in [-0.15, -0.1) is 0 Å². The van der Waals surface area contributed by atoms with Gasteiger partial charge in [0.2, 0.25) is 0 Å². The lowest BCUT2D eigenvalue weighted by atomic mass is 10.2. The third-order valence-electron chi connectivity index (χ3n) is 4.95. The lowest BCUT2D eigenvalue weighted by Gasteiger charge is -2.10. The van der Waals surface area contributed by atoms with Crippen LogP contribution in [0.2, 0.25) is 0 Å². The van der Waals surface area contributed by atoms with Crippen molar-refractivity contribution in [3.05, 3.63) is 90.4 Å². The van der Waals surface area contributed by atoms with Crippen LogP contribution in [-0.2, 0) is 6.50 Å². The summed E-state index contributed by atoms with van der Waals surface area (Å²) in [6.07, 6.45) is 4.96. The molecule has 5 aromatic rings. The smallest absolute Gasteiger partial charge is 0.323 e. The Labute approximate surface area is 180 Å². The molecule has 31 heavy (non-hydrogen) atoms. The van der Waals surface area contributed by atoms with Gasteiger partial charge >= 0.3 is 6.03 Å². The Morgan fingerprint density at radius 1 is 1.10 bits per heavy atom. The van der Waals surface area contributed by atoms with Gasteiger partial charge in [-0.3, -0.25) is 0 Å². The van der Waals surface area contributed by atoms with E-state index in [9.17, 15) is 4.79 Å². The van der Waals surface area contributed by atoms with Gasteiger partial charge in [0, 0.05) is 41.5 Å². The first-order valence-corrected chi connectivity index (χ1v) is 9.59. The van der Waals surface area contributed by atoms with Gasteiger partial charge in [-0.1, -0.05) is 6.07 Å². The van der Waals surface area contributed by atoms with Crippen LogP contribution in [0, 0.1) is 11.3 Å². The average molecular weight is 408 g/mol. The second-order valence-electron chi connectivity index (χ2n) is 6.91. The van der Waals surface area contributed by atoms with Crippen LogP contribution >= 0.6 is 0 Å². The summed E-state index contributed by atoms with van der Waals surface area (Å²) in [6.45, 7) is -1.85. The zero-order valence-corrected chi connectivity index (χ0v) is 16.3. The Bertz CT molecular complexity index is 1530. The highest BCUT2D eigenvalue weighted by Gasteiger charge is 2.11. The molecule has 0 spiro atoms. The number of hydrogen-bond donors (Lipinski definition) is 3. The number of fused-ring (bicyclic) bond motifs is 2. The molecule has 7 heteroatoms. The van der Waals surface area contributed by atoms with Crippen molar-refractivity contribution < 1.29 is 7.54 Å². The number of pyridine rings is 1. The molecule has 0 saturated heterocycles. The highest BCUT2D eigenvalue weighted by Crippen LogP contribution is 2.26. The number of nitriles is 1. The highest BCUT2D eigenvalue weighted by atomic mass is 16.2. The summed E-state index contributed by atoms with van der Waals surface area (Å²) < 4.78 is 19.3. The molecule has 0 fully saturated rings. The quantitative estimate of drug-likeness (QED) is 0.387. The molecule has 3 aromatic heterocycles. The van der Waals surface area contributed by atoms with Gasteiger partial charge < -0.3 is 20.2 Å². The van der Waals surface area contributed by atoms with Crippen LogP contribution in [0.5, 0.6) is 0 Å². The van der Waals surface area contributed by atoms with Gasteiger partial charge in [-0.25, -0.2) is 9.78 Å². The molecule has 0 aliphatic rings. The van der Waals surface area contributed by atoms with Crippen LogP contribution in [-0.4, -0.2) is 20.6 Å².